The van der Waals surface area contributed by atoms with E-state index in [0.717, 1.165) is 11.1 Å². The van der Waals surface area contributed by atoms with Crippen LogP contribution in [0, 0.1) is 13.8 Å². The summed E-state index contributed by atoms with van der Waals surface area (Å²) in [6, 6.07) is 9.38. The lowest BCUT2D eigenvalue weighted by Gasteiger charge is -2.38. The van der Waals surface area contributed by atoms with Crippen molar-refractivity contribution in [3.63, 3.8) is 0 Å². The first-order valence-corrected chi connectivity index (χ1v) is 8.60. The molecule has 0 aliphatic carbocycles. The van der Waals surface area contributed by atoms with E-state index >= 15 is 0 Å². The average Bonchev–Trinajstić information content (AvgIpc) is 2.56. The maximum Gasteiger partial charge on any atom is 0.270 e. The molecule has 0 bridgehead atoms. The van der Waals surface area contributed by atoms with Crippen molar-refractivity contribution in [1.82, 2.24) is 4.98 Å². The average molecular weight is 353 g/mol. The summed E-state index contributed by atoms with van der Waals surface area (Å²) in [5.74, 6) is 0.826. The fourth-order valence-electron chi connectivity index (χ4n) is 2.92. The zero-order valence-electron chi connectivity index (χ0n) is 15.5. The molecule has 1 aromatic heterocycles. The number of amides is 2. The van der Waals surface area contributed by atoms with Crippen molar-refractivity contribution in [3.8, 4) is 5.75 Å². The van der Waals surface area contributed by atoms with Crippen LogP contribution in [0.15, 0.2) is 36.5 Å². The molecule has 1 aliphatic rings. The number of aryl methyl sites for hydroxylation is 2. The number of benzene rings is 1. The molecule has 3 rings (SSSR count). The summed E-state index contributed by atoms with van der Waals surface area (Å²) < 4.78 is 5.83. The Kier molecular flexibility index (Phi) is 4.68. The molecular weight excluding hydrogens is 330 g/mol. The van der Waals surface area contributed by atoms with E-state index in [9.17, 15) is 9.59 Å². The molecule has 2 heterocycles. The molecule has 6 nitrogen and oxygen atoms in total. The van der Waals surface area contributed by atoms with Crippen LogP contribution in [-0.4, -0.2) is 28.9 Å². The highest BCUT2D eigenvalue weighted by Crippen LogP contribution is 2.38. The topological polar surface area (TPSA) is 71.5 Å². The molecule has 0 unspecified atom stereocenters. The Labute approximate surface area is 153 Å². The van der Waals surface area contributed by atoms with Crippen LogP contribution in [-0.2, 0) is 9.59 Å². The summed E-state index contributed by atoms with van der Waals surface area (Å²) in [6.45, 7) is 7.65. The van der Waals surface area contributed by atoms with Crippen molar-refractivity contribution in [2.24, 2.45) is 0 Å². The number of anilines is 2. The van der Waals surface area contributed by atoms with Gasteiger partial charge in [0.25, 0.3) is 5.91 Å². The maximum absolute atomic E-state index is 12.8. The van der Waals surface area contributed by atoms with E-state index in [1.54, 1.807) is 31.0 Å². The van der Waals surface area contributed by atoms with Crippen molar-refractivity contribution in [2.45, 2.75) is 39.7 Å². The van der Waals surface area contributed by atoms with Gasteiger partial charge in [0.15, 0.2) is 5.60 Å². The van der Waals surface area contributed by atoms with Gasteiger partial charge in [-0.25, -0.2) is 4.98 Å². The molecule has 136 valence electrons. The smallest absolute Gasteiger partial charge is 0.270 e. The van der Waals surface area contributed by atoms with Gasteiger partial charge < -0.3 is 15.0 Å². The third-order valence-electron chi connectivity index (χ3n) is 4.28. The summed E-state index contributed by atoms with van der Waals surface area (Å²) in [7, 11) is 0. The van der Waals surface area contributed by atoms with Gasteiger partial charge in [-0.15, -0.1) is 0 Å². The number of nitrogens with zero attached hydrogens (tertiary/aromatic N) is 2. The number of nitrogens with one attached hydrogen (secondary N) is 1. The van der Waals surface area contributed by atoms with Crippen molar-refractivity contribution < 1.29 is 14.3 Å². The van der Waals surface area contributed by atoms with Crippen LogP contribution in [0.1, 0.15) is 31.4 Å². The van der Waals surface area contributed by atoms with Gasteiger partial charge >= 0.3 is 0 Å². The second-order valence-corrected chi connectivity index (χ2v) is 7.06. The van der Waals surface area contributed by atoms with E-state index in [4.69, 9.17) is 4.74 Å². The van der Waals surface area contributed by atoms with Crippen molar-refractivity contribution >= 4 is 23.3 Å². The highest BCUT2D eigenvalue weighted by molar-refractivity contribution is 6.03. The first-order valence-electron chi connectivity index (χ1n) is 8.60. The highest BCUT2D eigenvalue weighted by atomic mass is 16.5. The summed E-state index contributed by atoms with van der Waals surface area (Å²) >= 11 is 0. The Morgan fingerprint density at radius 1 is 1.19 bits per heavy atom. The summed E-state index contributed by atoms with van der Waals surface area (Å²) in [4.78, 5) is 30.8. The van der Waals surface area contributed by atoms with Gasteiger partial charge in [0, 0.05) is 19.2 Å². The zero-order chi connectivity index (χ0) is 18.9. The molecule has 2 amide bonds. The van der Waals surface area contributed by atoms with Gasteiger partial charge in [0.1, 0.15) is 11.6 Å². The largest absolute Gasteiger partial charge is 0.476 e. The van der Waals surface area contributed by atoms with Crippen LogP contribution in [0.3, 0.4) is 0 Å². The Bertz CT molecular complexity index is 861. The molecule has 6 heteroatoms. The fourth-order valence-corrected chi connectivity index (χ4v) is 2.92. The SMILES string of the molecule is Cc1ccnc(NC(=O)CCN2C(=O)C(C)(C)Oc3ccc(C)cc32)c1. The number of carbonyl (C=O) groups excluding carboxylic acids is 2. The van der Waals surface area contributed by atoms with E-state index in [0.29, 0.717) is 17.3 Å². The first kappa shape index (κ1) is 17.9. The number of pyridine rings is 1. The van der Waals surface area contributed by atoms with E-state index in [1.807, 2.05) is 38.1 Å². The molecular formula is C20H23N3O3. The molecule has 0 saturated heterocycles. The molecule has 0 atom stereocenters. The minimum Gasteiger partial charge on any atom is -0.476 e. The van der Waals surface area contributed by atoms with E-state index < -0.39 is 5.60 Å². The fraction of sp³-hybridized carbons (Fsp3) is 0.350. The number of fused-ring (bicyclic) bond motifs is 1. The van der Waals surface area contributed by atoms with Crippen molar-refractivity contribution in [2.75, 3.05) is 16.8 Å². The lowest BCUT2D eigenvalue weighted by atomic mass is 10.0. The van der Waals surface area contributed by atoms with Gasteiger partial charge in [-0.1, -0.05) is 6.07 Å². The molecule has 0 spiro atoms. The van der Waals surface area contributed by atoms with E-state index in [-0.39, 0.29) is 24.8 Å². The Hall–Kier alpha value is -2.89. The predicted octanol–water partition coefficient (Wildman–Crippen LogP) is 3.23. The lowest BCUT2D eigenvalue weighted by Crippen LogP contribution is -2.53. The number of hydrogen-bond donors (Lipinski definition) is 1. The highest BCUT2D eigenvalue weighted by Gasteiger charge is 2.40. The molecule has 2 aromatic rings. The number of hydrogen-bond acceptors (Lipinski definition) is 4. The quantitative estimate of drug-likeness (QED) is 0.916. The van der Waals surface area contributed by atoms with Gasteiger partial charge in [0.05, 0.1) is 5.69 Å². The number of carbonyl (C=O) groups is 2. The zero-order valence-corrected chi connectivity index (χ0v) is 15.5. The molecule has 1 N–H and O–H groups in total. The van der Waals surface area contributed by atoms with Crippen LogP contribution >= 0.6 is 0 Å². The third kappa shape index (κ3) is 3.69. The second-order valence-electron chi connectivity index (χ2n) is 7.06. The summed E-state index contributed by atoms with van der Waals surface area (Å²) in [5.41, 5.74) is 1.79. The van der Waals surface area contributed by atoms with Gasteiger partial charge in [-0.05, 0) is 63.1 Å². The minimum absolute atomic E-state index is 0.155. The molecule has 1 aromatic carbocycles. The summed E-state index contributed by atoms with van der Waals surface area (Å²) in [6.07, 6.45) is 1.82. The van der Waals surface area contributed by atoms with Crippen LogP contribution in [0.25, 0.3) is 0 Å². The normalized spacial score (nSPS) is 15.2. The summed E-state index contributed by atoms with van der Waals surface area (Å²) in [5, 5.41) is 2.77. The molecule has 0 fully saturated rings. The minimum atomic E-state index is -0.961. The first-order chi connectivity index (χ1) is 12.3. The molecule has 0 radical (unpaired) electrons. The Balaban J connectivity index is 1.75. The molecule has 1 aliphatic heterocycles. The lowest BCUT2D eigenvalue weighted by molar-refractivity contribution is -0.132. The van der Waals surface area contributed by atoms with Crippen LogP contribution in [0.4, 0.5) is 11.5 Å². The van der Waals surface area contributed by atoms with Gasteiger partial charge in [-0.2, -0.15) is 0 Å². The Morgan fingerprint density at radius 3 is 2.65 bits per heavy atom. The van der Waals surface area contributed by atoms with E-state index in [1.165, 1.54) is 0 Å². The monoisotopic (exact) mass is 353 g/mol. The third-order valence-corrected chi connectivity index (χ3v) is 4.28. The van der Waals surface area contributed by atoms with Gasteiger partial charge in [0.2, 0.25) is 5.91 Å². The Morgan fingerprint density at radius 2 is 1.92 bits per heavy atom. The number of aromatic nitrogens is 1. The van der Waals surface area contributed by atoms with Crippen molar-refractivity contribution in [1.29, 1.82) is 0 Å². The predicted molar refractivity (Wildman–Crippen MR) is 100 cm³/mol. The van der Waals surface area contributed by atoms with Crippen molar-refractivity contribution in [3.05, 3.63) is 47.7 Å². The van der Waals surface area contributed by atoms with E-state index in [2.05, 4.69) is 10.3 Å². The number of ether oxygens (including phenoxy) is 1. The molecule has 0 saturated carbocycles. The molecule has 26 heavy (non-hydrogen) atoms. The van der Waals surface area contributed by atoms with Crippen LogP contribution in [0.2, 0.25) is 0 Å². The van der Waals surface area contributed by atoms with Crippen LogP contribution < -0.4 is 15.0 Å². The second kappa shape index (κ2) is 6.78. The maximum atomic E-state index is 12.8. The van der Waals surface area contributed by atoms with Crippen LogP contribution in [0.5, 0.6) is 5.75 Å². The number of rotatable bonds is 4. The van der Waals surface area contributed by atoms with Gasteiger partial charge in [-0.3, -0.25) is 9.59 Å². The standard InChI is InChI=1S/C20H23N3O3/c1-13-5-6-16-15(11-13)23(19(25)20(3,4)26-16)10-8-18(24)22-17-12-14(2)7-9-21-17/h5-7,9,11-12H,8,10H2,1-4H3,(H,21,22,24).